The van der Waals surface area contributed by atoms with Gasteiger partial charge < -0.3 is 9.66 Å². The third kappa shape index (κ3) is 5.10. The maximum absolute atomic E-state index is 11.1. The predicted molar refractivity (Wildman–Crippen MR) is 129 cm³/mol. The predicted octanol–water partition coefficient (Wildman–Crippen LogP) is 5.99. The molecule has 0 spiro atoms. The van der Waals surface area contributed by atoms with Crippen LogP contribution in [0.5, 0.6) is 0 Å². The molecule has 0 amide bonds. The van der Waals surface area contributed by atoms with Gasteiger partial charge in [0, 0.05) is 0 Å². The highest BCUT2D eigenvalue weighted by Crippen LogP contribution is 2.67. The Bertz CT molecular complexity index is 858. The molecule has 0 aliphatic heterocycles. The van der Waals surface area contributed by atoms with Crippen molar-refractivity contribution in [2.24, 2.45) is 40.4 Å². The zero-order valence-corrected chi connectivity index (χ0v) is 22.1. The second-order valence-electron chi connectivity index (χ2n) is 13.0. The van der Waals surface area contributed by atoms with Gasteiger partial charge in [0.2, 0.25) is 10.4 Å². The fourth-order valence-electron chi connectivity index (χ4n) is 8.91. The Labute approximate surface area is 201 Å². The van der Waals surface area contributed by atoms with Gasteiger partial charge in [-0.3, -0.25) is 4.18 Å². The molecule has 0 bridgehead atoms. The summed E-state index contributed by atoms with van der Waals surface area (Å²) in [5.74, 6) is 3.61. The monoisotopic (exact) mass is 481 g/mol. The summed E-state index contributed by atoms with van der Waals surface area (Å²) in [6.45, 7) is 11.2. The second-order valence-corrected chi connectivity index (χ2v) is 14.0. The van der Waals surface area contributed by atoms with Gasteiger partial charge in [-0.25, -0.2) is 8.42 Å². The minimum Gasteiger partial charge on any atom is -0.726 e. The van der Waals surface area contributed by atoms with Crippen molar-refractivity contribution in [1.82, 2.24) is 0 Å². The van der Waals surface area contributed by atoms with Crippen molar-refractivity contribution in [2.75, 3.05) is 0 Å². The average Bonchev–Trinajstić information content (AvgIpc) is 3.03. The van der Waals surface area contributed by atoms with Crippen LogP contribution in [0.1, 0.15) is 105 Å². The molecule has 0 saturated heterocycles. The molecule has 0 aromatic carbocycles. The van der Waals surface area contributed by atoms with E-state index in [1.54, 1.807) is 0 Å². The minimum atomic E-state index is -4.65. The molecule has 4 rings (SSSR count). The molecule has 0 aromatic rings. The van der Waals surface area contributed by atoms with Crippen molar-refractivity contribution in [1.29, 1.82) is 0 Å². The first kappa shape index (κ1) is 25.7. The molecule has 0 radical (unpaired) electrons. The fraction of sp³-hybridized carbons (Fsp3) is 0.926. The number of aliphatic hydroxyl groups is 1. The van der Waals surface area contributed by atoms with Gasteiger partial charge in [-0.2, -0.15) is 0 Å². The number of allylic oxidation sites excluding steroid dienone is 1. The summed E-state index contributed by atoms with van der Waals surface area (Å²) < 4.78 is 38.2. The van der Waals surface area contributed by atoms with Crippen LogP contribution in [-0.4, -0.2) is 29.8 Å². The summed E-state index contributed by atoms with van der Waals surface area (Å²) in [5.41, 5.74) is 1.30. The van der Waals surface area contributed by atoms with E-state index in [9.17, 15) is 18.1 Å². The van der Waals surface area contributed by atoms with E-state index in [0.29, 0.717) is 36.0 Å². The summed E-state index contributed by atoms with van der Waals surface area (Å²) in [4.78, 5) is 0. The van der Waals surface area contributed by atoms with Crippen molar-refractivity contribution in [3.63, 3.8) is 0 Å². The molecule has 3 saturated carbocycles. The van der Waals surface area contributed by atoms with Gasteiger partial charge in [-0.05, 0) is 112 Å². The smallest absolute Gasteiger partial charge is 0.217 e. The van der Waals surface area contributed by atoms with Crippen molar-refractivity contribution in [3.05, 3.63) is 11.6 Å². The third-order valence-corrected chi connectivity index (χ3v) is 11.0. The van der Waals surface area contributed by atoms with Crippen LogP contribution in [0.2, 0.25) is 0 Å². The molecule has 3 unspecified atom stereocenters. The van der Waals surface area contributed by atoms with Gasteiger partial charge in [0.05, 0.1) is 11.7 Å². The lowest BCUT2D eigenvalue weighted by atomic mass is 9.47. The molecule has 5 nitrogen and oxygen atoms in total. The molecule has 0 aromatic heterocycles. The Hall–Kier alpha value is -0.430. The lowest BCUT2D eigenvalue weighted by Gasteiger charge is -2.58. The van der Waals surface area contributed by atoms with Gasteiger partial charge in [0.25, 0.3) is 0 Å². The average molecular weight is 482 g/mol. The molecule has 8 atom stereocenters. The van der Waals surface area contributed by atoms with E-state index in [2.05, 4.69) is 26.8 Å². The Morgan fingerprint density at radius 1 is 1.18 bits per heavy atom. The lowest BCUT2D eigenvalue weighted by Crippen LogP contribution is -2.51. The Balaban J connectivity index is 1.46. The molecule has 4 aliphatic rings. The standard InChI is InChI=1S/C27H46O5S/c1-18(7-6-14-25(2,3)28)22-10-11-23-21-9-8-19-17-20(32-33(29,30)31)12-15-26(19,4)24(21)13-16-27(22,23)5/h8,18,20-24,28H,6-7,9-17H2,1-5H3,(H,29,30,31)/p-1/t18-,20+,21?,22-,23?,24?,26+,27-/m1/s1. The van der Waals surface area contributed by atoms with Crippen LogP contribution in [-0.2, 0) is 14.6 Å². The molecular formula is C27H45O5S-. The normalized spacial score (nSPS) is 42.2. The Kier molecular flexibility index (Phi) is 6.92. The van der Waals surface area contributed by atoms with Gasteiger partial charge in [-0.1, -0.05) is 45.3 Å². The molecule has 190 valence electrons. The molecule has 0 heterocycles. The third-order valence-electron chi connectivity index (χ3n) is 10.5. The Morgan fingerprint density at radius 2 is 1.91 bits per heavy atom. The highest BCUT2D eigenvalue weighted by Gasteiger charge is 2.59. The van der Waals surface area contributed by atoms with Gasteiger partial charge in [-0.15, -0.1) is 0 Å². The fourth-order valence-corrected chi connectivity index (χ4v) is 9.41. The van der Waals surface area contributed by atoms with E-state index >= 15 is 0 Å². The van der Waals surface area contributed by atoms with Crippen molar-refractivity contribution in [2.45, 2.75) is 117 Å². The summed E-state index contributed by atoms with van der Waals surface area (Å²) in [7, 11) is -4.65. The van der Waals surface area contributed by atoms with Gasteiger partial charge >= 0.3 is 0 Å². The summed E-state index contributed by atoms with van der Waals surface area (Å²) in [6, 6.07) is 0. The summed E-state index contributed by atoms with van der Waals surface area (Å²) in [6.07, 6.45) is 13.5. The van der Waals surface area contributed by atoms with E-state index < -0.39 is 22.1 Å². The maximum atomic E-state index is 11.1. The summed E-state index contributed by atoms with van der Waals surface area (Å²) in [5, 5.41) is 10.1. The van der Waals surface area contributed by atoms with Crippen molar-refractivity contribution < 1.29 is 22.3 Å². The highest BCUT2D eigenvalue weighted by molar-refractivity contribution is 7.80. The van der Waals surface area contributed by atoms with Crippen LogP contribution in [0.4, 0.5) is 0 Å². The Morgan fingerprint density at radius 3 is 2.58 bits per heavy atom. The van der Waals surface area contributed by atoms with Gasteiger partial charge in [0.1, 0.15) is 0 Å². The van der Waals surface area contributed by atoms with Crippen molar-refractivity contribution in [3.8, 4) is 0 Å². The maximum Gasteiger partial charge on any atom is 0.217 e. The minimum absolute atomic E-state index is 0.118. The first-order chi connectivity index (χ1) is 15.2. The first-order valence-corrected chi connectivity index (χ1v) is 14.6. The number of rotatable bonds is 7. The zero-order chi connectivity index (χ0) is 24.2. The van der Waals surface area contributed by atoms with E-state index in [4.69, 9.17) is 4.18 Å². The molecule has 33 heavy (non-hydrogen) atoms. The zero-order valence-electron chi connectivity index (χ0n) is 21.3. The highest BCUT2D eigenvalue weighted by atomic mass is 32.3. The second kappa shape index (κ2) is 8.90. The topological polar surface area (TPSA) is 86.7 Å². The number of hydrogen-bond acceptors (Lipinski definition) is 5. The first-order valence-electron chi connectivity index (χ1n) is 13.3. The molecule has 1 N–H and O–H groups in total. The van der Waals surface area contributed by atoms with Gasteiger partial charge in [0.15, 0.2) is 0 Å². The summed E-state index contributed by atoms with van der Waals surface area (Å²) >= 11 is 0. The van der Waals surface area contributed by atoms with Crippen LogP contribution in [0.25, 0.3) is 0 Å². The number of hydrogen-bond donors (Lipinski definition) is 1. The van der Waals surface area contributed by atoms with E-state index in [0.717, 1.165) is 37.5 Å². The largest absolute Gasteiger partial charge is 0.726 e. The quantitative estimate of drug-likeness (QED) is 0.274. The lowest BCUT2D eigenvalue weighted by molar-refractivity contribution is -0.0563. The van der Waals surface area contributed by atoms with Crippen LogP contribution in [0.15, 0.2) is 11.6 Å². The van der Waals surface area contributed by atoms with Crippen LogP contribution >= 0.6 is 0 Å². The van der Waals surface area contributed by atoms with Crippen LogP contribution in [0.3, 0.4) is 0 Å². The van der Waals surface area contributed by atoms with E-state index in [1.165, 1.54) is 37.7 Å². The molecular weight excluding hydrogens is 436 g/mol. The molecule has 4 aliphatic carbocycles. The molecule has 3 fully saturated rings. The number of fused-ring (bicyclic) bond motifs is 5. The van der Waals surface area contributed by atoms with Crippen LogP contribution < -0.4 is 0 Å². The van der Waals surface area contributed by atoms with Crippen LogP contribution in [0, 0.1) is 40.4 Å². The van der Waals surface area contributed by atoms with E-state index in [1.807, 2.05) is 13.8 Å². The molecule has 6 heteroatoms. The van der Waals surface area contributed by atoms with E-state index in [-0.39, 0.29) is 5.41 Å². The SMILES string of the molecule is C[C@H](CCCC(C)(C)O)[C@H]1CCC2C3CC=C4C[C@@H](OS(=O)(=O)[O-])CC[C@]4(C)C3CC[C@@]21C. The van der Waals surface area contributed by atoms with Crippen molar-refractivity contribution >= 4 is 10.4 Å².